The molecule has 0 aromatic carbocycles. The minimum absolute atomic E-state index is 0.142. The number of aromatic amines is 1. The molecule has 1 atom stereocenters. The Labute approximate surface area is 154 Å². The molecule has 0 fully saturated rings. The van der Waals surface area contributed by atoms with Crippen LogP contribution in [0.2, 0.25) is 0 Å². The van der Waals surface area contributed by atoms with Crippen LogP contribution in [-0.4, -0.2) is 41.1 Å². The van der Waals surface area contributed by atoms with Gasteiger partial charge in [0.15, 0.2) is 11.9 Å². The topological polar surface area (TPSA) is 105 Å². The summed E-state index contributed by atoms with van der Waals surface area (Å²) in [6, 6.07) is 3.37. The largest absolute Gasteiger partial charge is 0.453 e. The molecule has 2 rings (SSSR count). The maximum absolute atomic E-state index is 12.5. The van der Waals surface area contributed by atoms with Gasteiger partial charge in [0.2, 0.25) is 5.78 Å². The molecule has 0 aliphatic rings. The van der Waals surface area contributed by atoms with Gasteiger partial charge in [-0.3, -0.25) is 19.2 Å². The van der Waals surface area contributed by atoms with Crippen molar-refractivity contribution in [2.45, 2.75) is 33.8 Å². The van der Waals surface area contributed by atoms with E-state index in [4.69, 9.17) is 4.74 Å². The molecule has 0 bridgehead atoms. The molecule has 8 heteroatoms. The number of ketones is 2. The lowest BCUT2D eigenvalue weighted by atomic mass is 10.0. The number of carbonyl (C=O) groups is 4. The molecule has 138 valence electrons. The molecule has 0 aliphatic carbocycles. The molecule has 0 saturated heterocycles. The molecule has 1 amide bonds. The molecular formula is C18H20N2O5S. The molecule has 7 nitrogen and oxygen atoms in total. The first-order valence-electron chi connectivity index (χ1n) is 7.97. The van der Waals surface area contributed by atoms with Crippen molar-refractivity contribution < 1.29 is 23.9 Å². The van der Waals surface area contributed by atoms with Gasteiger partial charge in [0, 0.05) is 11.3 Å². The average Bonchev–Trinajstić information content (AvgIpc) is 3.20. The zero-order valence-corrected chi connectivity index (χ0v) is 15.8. The number of nitrogens with one attached hydrogen (secondary N) is 2. The highest BCUT2D eigenvalue weighted by molar-refractivity contribution is 7.12. The summed E-state index contributed by atoms with van der Waals surface area (Å²) in [4.78, 5) is 51.2. The third-order valence-corrected chi connectivity index (χ3v) is 4.72. The van der Waals surface area contributed by atoms with Gasteiger partial charge in [-0.25, -0.2) is 0 Å². The van der Waals surface area contributed by atoms with Crippen LogP contribution in [0, 0.1) is 13.8 Å². The highest BCUT2D eigenvalue weighted by atomic mass is 32.1. The third-order valence-electron chi connectivity index (χ3n) is 3.85. The first kappa shape index (κ1) is 19.6. The van der Waals surface area contributed by atoms with E-state index >= 15 is 0 Å². The van der Waals surface area contributed by atoms with E-state index in [0.717, 1.165) is 0 Å². The molecule has 0 aliphatic heterocycles. The Hall–Kier alpha value is -2.74. The van der Waals surface area contributed by atoms with Crippen LogP contribution < -0.4 is 5.32 Å². The standard InChI is InChI=1S/C18H20N2O5S/c1-9-15(11(3)21)10(2)20-16(9)17(23)12(4)25-14(22)8-19-18(24)13-6-5-7-26-13/h5-7,12,20H,8H2,1-4H3,(H,19,24)/t12-/m1/s1. The summed E-state index contributed by atoms with van der Waals surface area (Å²) in [7, 11) is 0. The van der Waals surface area contributed by atoms with E-state index in [1.54, 1.807) is 31.4 Å². The Kier molecular flexibility index (Phi) is 6.10. The van der Waals surface area contributed by atoms with Crippen LogP contribution >= 0.6 is 11.3 Å². The average molecular weight is 376 g/mol. The fourth-order valence-electron chi connectivity index (χ4n) is 2.67. The van der Waals surface area contributed by atoms with Gasteiger partial charge in [0.25, 0.3) is 5.91 Å². The van der Waals surface area contributed by atoms with E-state index in [1.165, 1.54) is 25.2 Å². The summed E-state index contributed by atoms with van der Waals surface area (Å²) in [6.07, 6.45) is -1.04. The Morgan fingerprint density at radius 1 is 1.27 bits per heavy atom. The number of aromatic nitrogens is 1. The number of thiophene rings is 1. The number of carbonyl (C=O) groups excluding carboxylic acids is 4. The van der Waals surface area contributed by atoms with Crippen molar-refractivity contribution in [2.75, 3.05) is 6.54 Å². The number of ether oxygens (including phenoxy) is 1. The molecule has 2 N–H and O–H groups in total. The van der Waals surface area contributed by atoms with Crippen molar-refractivity contribution in [1.82, 2.24) is 10.3 Å². The van der Waals surface area contributed by atoms with Crippen LogP contribution in [0.4, 0.5) is 0 Å². The summed E-state index contributed by atoms with van der Waals surface area (Å²) >= 11 is 1.26. The van der Waals surface area contributed by atoms with Gasteiger partial charge in [-0.1, -0.05) is 6.07 Å². The van der Waals surface area contributed by atoms with Gasteiger partial charge >= 0.3 is 5.97 Å². The number of rotatable bonds is 7. The van der Waals surface area contributed by atoms with Crippen molar-refractivity contribution in [1.29, 1.82) is 0 Å². The second-order valence-corrected chi connectivity index (χ2v) is 6.79. The molecule has 0 saturated carbocycles. The maximum atomic E-state index is 12.5. The summed E-state index contributed by atoms with van der Waals surface area (Å²) in [5.41, 5.74) is 1.85. The van der Waals surface area contributed by atoms with Crippen molar-refractivity contribution >= 4 is 34.8 Å². The minimum Gasteiger partial charge on any atom is -0.453 e. The Morgan fingerprint density at radius 2 is 1.96 bits per heavy atom. The van der Waals surface area contributed by atoms with Crippen molar-refractivity contribution in [3.63, 3.8) is 0 Å². The fourth-order valence-corrected chi connectivity index (χ4v) is 3.31. The van der Waals surface area contributed by atoms with Gasteiger partial charge < -0.3 is 15.0 Å². The monoisotopic (exact) mass is 376 g/mol. The molecule has 26 heavy (non-hydrogen) atoms. The van der Waals surface area contributed by atoms with Gasteiger partial charge in [0.1, 0.15) is 6.54 Å². The predicted molar refractivity (Wildman–Crippen MR) is 96.8 cm³/mol. The molecule has 2 aromatic heterocycles. The van der Waals surface area contributed by atoms with Crippen LogP contribution in [0.3, 0.4) is 0 Å². The van der Waals surface area contributed by atoms with E-state index < -0.39 is 17.9 Å². The maximum Gasteiger partial charge on any atom is 0.326 e. The van der Waals surface area contributed by atoms with Gasteiger partial charge in [-0.05, 0) is 44.7 Å². The Balaban J connectivity index is 1.96. The highest BCUT2D eigenvalue weighted by Gasteiger charge is 2.26. The quantitative estimate of drug-likeness (QED) is 0.570. The smallest absolute Gasteiger partial charge is 0.326 e. The third kappa shape index (κ3) is 4.26. The molecule has 0 unspecified atom stereocenters. The number of esters is 1. The summed E-state index contributed by atoms with van der Waals surface area (Å²) in [5, 5.41) is 4.20. The normalized spacial score (nSPS) is 11.7. The van der Waals surface area contributed by atoms with E-state index in [0.29, 0.717) is 21.7 Å². The number of aryl methyl sites for hydroxylation is 1. The number of hydrogen-bond donors (Lipinski definition) is 2. The summed E-state index contributed by atoms with van der Waals surface area (Å²) in [5.74, 6) is -1.67. The van der Waals surface area contributed by atoms with Crippen molar-refractivity contribution in [3.8, 4) is 0 Å². The predicted octanol–water partition coefficient (Wildman–Crippen LogP) is 2.44. The van der Waals surface area contributed by atoms with Crippen LogP contribution in [0.1, 0.15) is 55.6 Å². The summed E-state index contributed by atoms with van der Waals surface area (Å²) in [6.45, 7) is 5.91. The van der Waals surface area contributed by atoms with Crippen LogP contribution in [-0.2, 0) is 9.53 Å². The number of amides is 1. The van der Waals surface area contributed by atoms with Crippen LogP contribution in [0.5, 0.6) is 0 Å². The Morgan fingerprint density at radius 3 is 2.50 bits per heavy atom. The van der Waals surface area contributed by atoms with E-state index in [1.807, 2.05) is 0 Å². The second kappa shape index (κ2) is 8.09. The first-order chi connectivity index (χ1) is 12.2. The van der Waals surface area contributed by atoms with Crippen LogP contribution in [0.15, 0.2) is 17.5 Å². The van der Waals surface area contributed by atoms with Crippen LogP contribution in [0.25, 0.3) is 0 Å². The lowest BCUT2D eigenvalue weighted by Gasteiger charge is -2.12. The zero-order valence-electron chi connectivity index (χ0n) is 15.0. The SMILES string of the molecule is CC(=O)c1c(C)[nH]c(C(=O)[C@@H](C)OC(=O)CNC(=O)c2cccs2)c1C. The van der Waals surface area contributed by atoms with Crippen molar-refractivity contribution in [3.05, 3.63) is 44.9 Å². The molecule has 2 aromatic rings. The zero-order chi connectivity index (χ0) is 19.4. The van der Waals surface area contributed by atoms with Gasteiger partial charge in [0.05, 0.1) is 10.6 Å². The molecule has 0 radical (unpaired) electrons. The van der Waals surface area contributed by atoms with E-state index in [2.05, 4.69) is 10.3 Å². The molecule has 0 spiro atoms. The fraction of sp³-hybridized carbons (Fsp3) is 0.333. The second-order valence-electron chi connectivity index (χ2n) is 5.84. The number of H-pyrrole nitrogens is 1. The number of hydrogen-bond acceptors (Lipinski definition) is 6. The summed E-state index contributed by atoms with van der Waals surface area (Å²) < 4.78 is 5.09. The van der Waals surface area contributed by atoms with Crippen molar-refractivity contribution in [2.24, 2.45) is 0 Å². The Bertz CT molecular complexity index is 851. The first-order valence-corrected chi connectivity index (χ1v) is 8.85. The highest BCUT2D eigenvalue weighted by Crippen LogP contribution is 2.20. The van der Waals surface area contributed by atoms with Gasteiger partial charge in [-0.2, -0.15) is 0 Å². The lowest BCUT2D eigenvalue weighted by molar-refractivity contribution is -0.145. The number of Topliss-reactive ketones (excluding diaryl/α,β-unsaturated/α-hetero) is 2. The minimum atomic E-state index is -1.04. The van der Waals surface area contributed by atoms with Gasteiger partial charge in [-0.15, -0.1) is 11.3 Å². The van der Waals surface area contributed by atoms with E-state index in [9.17, 15) is 19.2 Å². The lowest BCUT2D eigenvalue weighted by Crippen LogP contribution is -2.34. The van der Waals surface area contributed by atoms with E-state index in [-0.39, 0.29) is 23.9 Å². The molecule has 2 heterocycles. The molecular weight excluding hydrogens is 356 g/mol.